The molecule has 18 heavy (non-hydrogen) atoms. The van der Waals surface area contributed by atoms with Crippen LogP contribution in [0.4, 0.5) is 11.5 Å². The highest BCUT2D eigenvalue weighted by Gasteiger charge is 2.03. The van der Waals surface area contributed by atoms with E-state index in [9.17, 15) is 0 Å². The molecule has 3 heteroatoms. The van der Waals surface area contributed by atoms with Gasteiger partial charge in [0.2, 0.25) is 0 Å². The Hall–Kier alpha value is -2.03. The van der Waals surface area contributed by atoms with Crippen LogP contribution in [0, 0.1) is 6.92 Å². The van der Waals surface area contributed by atoms with Crippen molar-refractivity contribution in [2.24, 2.45) is 0 Å². The van der Waals surface area contributed by atoms with Crippen LogP contribution in [0.25, 0.3) is 0 Å². The number of hydrogen-bond acceptors (Lipinski definition) is 3. The van der Waals surface area contributed by atoms with Crippen LogP contribution in [0.1, 0.15) is 18.1 Å². The summed E-state index contributed by atoms with van der Waals surface area (Å²) in [6.45, 7) is 4.17. The largest absolute Gasteiger partial charge is 0.496 e. The van der Waals surface area contributed by atoms with Gasteiger partial charge in [-0.25, -0.2) is 4.98 Å². The maximum atomic E-state index is 5.32. The Morgan fingerprint density at radius 3 is 2.72 bits per heavy atom. The summed E-state index contributed by atoms with van der Waals surface area (Å²) in [4.78, 5) is 4.29. The highest BCUT2D eigenvalue weighted by molar-refractivity contribution is 5.59. The van der Waals surface area contributed by atoms with Crippen molar-refractivity contribution >= 4 is 11.5 Å². The van der Waals surface area contributed by atoms with Gasteiger partial charge < -0.3 is 10.1 Å². The van der Waals surface area contributed by atoms with Crippen molar-refractivity contribution in [3.63, 3.8) is 0 Å². The molecule has 0 spiro atoms. The monoisotopic (exact) mass is 242 g/mol. The van der Waals surface area contributed by atoms with Crippen LogP contribution >= 0.6 is 0 Å². The predicted molar refractivity (Wildman–Crippen MR) is 74.6 cm³/mol. The molecule has 3 nitrogen and oxygen atoms in total. The number of nitrogens with zero attached hydrogens (tertiary/aromatic N) is 1. The molecule has 2 rings (SSSR count). The number of benzene rings is 1. The molecule has 2 aromatic rings. The lowest BCUT2D eigenvalue weighted by atomic mass is 10.1. The van der Waals surface area contributed by atoms with Gasteiger partial charge in [0.15, 0.2) is 0 Å². The number of aromatic nitrogens is 1. The minimum Gasteiger partial charge on any atom is -0.496 e. The van der Waals surface area contributed by atoms with Crippen molar-refractivity contribution in [1.82, 2.24) is 4.98 Å². The molecule has 0 fully saturated rings. The van der Waals surface area contributed by atoms with Gasteiger partial charge in [-0.2, -0.15) is 0 Å². The average Bonchev–Trinajstić information content (AvgIpc) is 2.38. The summed E-state index contributed by atoms with van der Waals surface area (Å²) < 4.78 is 5.32. The second kappa shape index (κ2) is 5.54. The number of aryl methyl sites for hydroxylation is 2. The quantitative estimate of drug-likeness (QED) is 0.887. The molecule has 0 aliphatic carbocycles. The van der Waals surface area contributed by atoms with E-state index < -0.39 is 0 Å². The second-order valence-electron chi connectivity index (χ2n) is 4.22. The lowest BCUT2D eigenvalue weighted by Crippen LogP contribution is -1.96. The fourth-order valence-corrected chi connectivity index (χ4v) is 1.89. The predicted octanol–water partition coefficient (Wildman–Crippen LogP) is 3.70. The van der Waals surface area contributed by atoms with Gasteiger partial charge in [-0.05, 0) is 54.8 Å². The van der Waals surface area contributed by atoms with Crippen molar-refractivity contribution in [3.05, 3.63) is 47.7 Å². The minimum absolute atomic E-state index is 0.863. The molecule has 0 aliphatic rings. The molecule has 0 saturated heterocycles. The number of ether oxygens (including phenoxy) is 1. The molecular formula is C15H18N2O. The molecule has 94 valence electrons. The first-order valence-electron chi connectivity index (χ1n) is 6.09. The van der Waals surface area contributed by atoms with Gasteiger partial charge in [-0.1, -0.05) is 6.92 Å². The van der Waals surface area contributed by atoms with Crippen LogP contribution < -0.4 is 10.1 Å². The number of anilines is 2. The standard InChI is InChI=1S/C15H18N2O/c1-4-12-10-13(5-6-14(12)18-3)17-15-9-11(2)7-8-16-15/h5-10H,4H2,1-3H3,(H,16,17). The Kier molecular flexibility index (Phi) is 3.82. The van der Waals surface area contributed by atoms with Crippen molar-refractivity contribution in [2.75, 3.05) is 12.4 Å². The summed E-state index contributed by atoms with van der Waals surface area (Å²) in [6.07, 6.45) is 2.75. The highest BCUT2D eigenvalue weighted by atomic mass is 16.5. The van der Waals surface area contributed by atoms with Crippen molar-refractivity contribution in [2.45, 2.75) is 20.3 Å². The Morgan fingerprint density at radius 2 is 2.06 bits per heavy atom. The summed E-state index contributed by atoms with van der Waals surface area (Å²) in [6, 6.07) is 10.1. The highest BCUT2D eigenvalue weighted by Crippen LogP contribution is 2.24. The van der Waals surface area contributed by atoms with Gasteiger partial charge in [0.05, 0.1) is 7.11 Å². The SMILES string of the molecule is CCc1cc(Nc2cc(C)ccn2)ccc1OC. The zero-order valence-electron chi connectivity index (χ0n) is 11.0. The Labute approximate surface area is 108 Å². The fraction of sp³-hybridized carbons (Fsp3) is 0.267. The third-order valence-corrected chi connectivity index (χ3v) is 2.85. The van der Waals surface area contributed by atoms with E-state index in [-0.39, 0.29) is 0 Å². The smallest absolute Gasteiger partial charge is 0.130 e. The van der Waals surface area contributed by atoms with Crippen LogP contribution in [-0.4, -0.2) is 12.1 Å². The second-order valence-corrected chi connectivity index (χ2v) is 4.22. The first kappa shape index (κ1) is 12.4. The van der Waals surface area contributed by atoms with Gasteiger partial charge in [0.1, 0.15) is 11.6 Å². The van der Waals surface area contributed by atoms with E-state index in [1.54, 1.807) is 7.11 Å². The van der Waals surface area contributed by atoms with Gasteiger partial charge in [0, 0.05) is 11.9 Å². The van der Waals surface area contributed by atoms with E-state index in [2.05, 4.69) is 30.2 Å². The zero-order chi connectivity index (χ0) is 13.0. The zero-order valence-corrected chi connectivity index (χ0v) is 11.0. The molecule has 0 amide bonds. The molecule has 1 heterocycles. The van der Waals surface area contributed by atoms with Crippen LogP contribution in [0.2, 0.25) is 0 Å². The van der Waals surface area contributed by atoms with E-state index in [0.717, 1.165) is 23.7 Å². The van der Waals surface area contributed by atoms with E-state index in [0.29, 0.717) is 0 Å². The molecule has 0 aliphatic heterocycles. The average molecular weight is 242 g/mol. The van der Waals surface area contributed by atoms with Crippen molar-refractivity contribution < 1.29 is 4.74 Å². The Morgan fingerprint density at radius 1 is 1.22 bits per heavy atom. The molecule has 0 atom stereocenters. The number of hydrogen-bond donors (Lipinski definition) is 1. The molecule has 0 radical (unpaired) electrons. The normalized spacial score (nSPS) is 10.2. The number of rotatable bonds is 4. The van der Waals surface area contributed by atoms with E-state index in [4.69, 9.17) is 4.74 Å². The van der Waals surface area contributed by atoms with Gasteiger partial charge >= 0.3 is 0 Å². The number of nitrogens with one attached hydrogen (secondary N) is 1. The van der Waals surface area contributed by atoms with Crippen molar-refractivity contribution in [1.29, 1.82) is 0 Å². The van der Waals surface area contributed by atoms with Gasteiger partial charge in [-0.3, -0.25) is 0 Å². The number of methoxy groups -OCH3 is 1. The third kappa shape index (κ3) is 2.80. The number of pyridine rings is 1. The topological polar surface area (TPSA) is 34.2 Å². The molecule has 1 aromatic carbocycles. The van der Waals surface area contributed by atoms with E-state index >= 15 is 0 Å². The first-order chi connectivity index (χ1) is 8.72. The minimum atomic E-state index is 0.863. The maximum Gasteiger partial charge on any atom is 0.130 e. The fourth-order valence-electron chi connectivity index (χ4n) is 1.89. The van der Waals surface area contributed by atoms with Gasteiger partial charge in [0.25, 0.3) is 0 Å². The van der Waals surface area contributed by atoms with Gasteiger partial charge in [-0.15, -0.1) is 0 Å². The van der Waals surface area contributed by atoms with Crippen LogP contribution in [0.3, 0.4) is 0 Å². The Bertz CT molecular complexity index is 538. The van der Waals surface area contributed by atoms with Crippen LogP contribution in [0.15, 0.2) is 36.5 Å². The lowest BCUT2D eigenvalue weighted by Gasteiger charge is -2.11. The lowest BCUT2D eigenvalue weighted by molar-refractivity contribution is 0.410. The summed E-state index contributed by atoms with van der Waals surface area (Å²) in [5.74, 6) is 1.79. The first-order valence-corrected chi connectivity index (χ1v) is 6.09. The molecule has 1 N–H and O–H groups in total. The molecule has 0 bridgehead atoms. The Balaban J connectivity index is 2.24. The summed E-state index contributed by atoms with van der Waals surface area (Å²) >= 11 is 0. The van der Waals surface area contributed by atoms with Crippen LogP contribution in [-0.2, 0) is 6.42 Å². The summed E-state index contributed by atoms with van der Waals surface area (Å²) in [7, 11) is 1.70. The van der Waals surface area contributed by atoms with Crippen molar-refractivity contribution in [3.8, 4) is 5.75 Å². The molecule has 0 unspecified atom stereocenters. The van der Waals surface area contributed by atoms with Crippen LogP contribution in [0.5, 0.6) is 5.75 Å². The van der Waals surface area contributed by atoms with E-state index in [1.165, 1.54) is 11.1 Å². The molecule has 1 aromatic heterocycles. The molecule has 0 saturated carbocycles. The maximum absolute atomic E-state index is 5.32. The van der Waals surface area contributed by atoms with E-state index in [1.807, 2.05) is 30.5 Å². The summed E-state index contributed by atoms with van der Waals surface area (Å²) in [5, 5.41) is 3.30. The third-order valence-electron chi connectivity index (χ3n) is 2.85. The molecular weight excluding hydrogens is 224 g/mol. The summed E-state index contributed by atoms with van der Waals surface area (Å²) in [5.41, 5.74) is 3.41.